The van der Waals surface area contributed by atoms with Crippen molar-refractivity contribution in [1.82, 2.24) is 24.7 Å². The Morgan fingerprint density at radius 1 is 1.38 bits per heavy atom. The second kappa shape index (κ2) is 6.16. The fourth-order valence-electron chi connectivity index (χ4n) is 3.08. The summed E-state index contributed by atoms with van der Waals surface area (Å²) in [6.07, 6.45) is 6.84. The van der Waals surface area contributed by atoms with Crippen molar-refractivity contribution in [3.8, 4) is 0 Å². The smallest absolute Gasteiger partial charge is 0.231 e. The summed E-state index contributed by atoms with van der Waals surface area (Å²) in [5.74, 6) is 0.787. The van der Waals surface area contributed by atoms with Crippen LogP contribution in [0.15, 0.2) is 24.1 Å². The van der Waals surface area contributed by atoms with Crippen molar-refractivity contribution < 1.29 is 4.79 Å². The lowest BCUT2D eigenvalue weighted by Crippen LogP contribution is -2.41. The maximum absolute atomic E-state index is 12.5. The number of hydrogen-bond donors (Lipinski definition) is 1. The Bertz CT molecular complexity index is 860. The van der Waals surface area contributed by atoms with E-state index in [4.69, 9.17) is 0 Å². The SMILES string of the molecule is Cn1ncc2c(N3CCC[C@@H](C(=O)Nc4nccs4)C3)ncnc21. The Balaban J connectivity index is 1.55. The zero-order valence-electron chi connectivity index (χ0n) is 13.2. The molecule has 8 nitrogen and oxygen atoms in total. The molecule has 3 aromatic heterocycles. The molecule has 1 aliphatic heterocycles. The van der Waals surface area contributed by atoms with Crippen LogP contribution in [-0.4, -0.2) is 43.7 Å². The molecule has 0 bridgehead atoms. The minimum absolute atomic E-state index is 0.0196. The highest BCUT2D eigenvalue weighted by atomic mass is 32.1. The molecule has 1 saturated heterocycles. The molecule has 1 amide bonds. The highest BCUT2D eigenvalue weighted by Gasteiger charge is 2.28. The first-order valence-electron chi connectivity index (χ1n) is 7.80. The normalized spacial score (nSPS) is 18.0. The van der Waals surface area contributed by atoms with Gasteiger partial charge in [-0.25, -0.2) is 15.0 Å². The number of fused-ring (bicyclic) bond motifs is 1. The van der Waals surface area contributed by atoms with Gasteiger partial charge in [-0.3, -0.25) is 9.48 Å². The molecule has 1 N–H and O–H groups in total. The zero-order chi connectivity index (χ0) is 16.5. The first-order chi connectivity index (χ1) is 11.7. The number of aryl methyl sites for hydroxylation is 1. The molecule has 0 aliphatic carbocycles. The summed E-state index contributed by atoms with van der Waals surface area (Å²) < 4.78 is 1.73. The first kappa shape index (κ1) is 15.0. The van der Waals surface area contributed by atoms with E-state index in [-0.39, 0.29) is 11.8 Å². The van der Waals surface area contributed by atoms with Gasteiger partial charge in [-0.1, -0.05) is 0 Å². The molecule has 0 spiro atoms. The van der Waals surface area contributed by atoms with Crippen molar-refractivity contribution in [2.24, 2.45) is 13.0 Å². The van der Waals surface area contributed by atoms with E-state index in [2.05, 4.69) is 30.3 Å². The molecule has 0 saturated carbocycles. The number of piperidine rings is 1. The van der Waals surface area contributed by atoms with Crippen LogP contribution in [0.4, 0.5) is 10.9 Å². The molecular formula is C15H17N7OS. The molecule has 4 heterocycles. The van der Waals surface area contributed by atoms with Gasteiger partial charge >= 0.3 is 0 Å². The molecule has 1 atom stereocenters. The minimum Gasteiger partial charge on any atom is -0.355 e. The summed E-state index contributed by atoms with van der Waals surface area (Å²) in [5.41, 5.74) is 0.800. The van der Waals surface area contributed by atoms with Crippen LogP contribution in [0, 0.1) is 5.92 Å². The Morgan fingerprint density at radius 3 is 3.12 bits per heavy atom. The fraction of sp³-hybridized carbons (Fsp3) is 0.400. The van der Waals surface area contributed by atoms with Gasteiger partial charge in [0.15, 0.2) is 10.8 Å². The van der Waals surface area contributed by atoms with Gasteiger partial charge in [0.25, 0.3) is 0 Å². The van der Waals surface area contributed by atoms with Crippen LogP contribution in [0.3, 0.4) is 0 Å². The Kier molecular flexibility index (Phi) is 3.85. The maximum Gasteiger partial charge on any atom is 0.231 e. The van der Waals surface area contributed by atoms with Crippen molar-refractivity contribution in [1.29, 1.82) is 0 Å². The zero-order valence-corrected chi connectivity index (χ0v) is 14.0. The number of hydrogen-bond acceptors (Lipinski definition) is 7. The number of thiazole rings is 1. The van der Waals surface area contributed by atoms with Gasteiger partial charge in [0.05, 0.1) is 17.5 Å². The van der Waals surface area contributed by atoms with Crippen LogP contribution >= 0.6 is 11.3 Å². The highest BCUT2D eigenvalue weighted by Crippen LogP contribution is 2.27. The summed E-state index contributed by atoms with van der Waals surface area (Å²) in [6.45, 7) is 1.51. The number of anilines is 2. The molecular weight excluding hydrogens is 326 g/mol. The molecule has 1 aliphatic rings. The van der Waals surface area contributed by atoms with Gasteiger partial charge in [0.1, 0.15) is 12.1 Å². The van der Waals surface area contributed by atoms with Crippen LogP contribution in [0.2, 0.25) is 0 Å². The van der Waals surface area contributed by atoms with E-state index >= 15 is 0 Å². The summed E-state index contributed by atoms with van der Waals surface area (Å²) in [5, 5.41) is 10.6. The number of rotatable bonds is 3. The van der Waals surface area contributed by atoms with Crippen LogP contribution in [0.5, 0.6) is 0 Å². The summed E-state index contributed by atoms with van der Waals surface area (Å²) in [4.78, 5) is 27.5. The molecule has 1 fully saturated rings. The van der Waals surface area contributed by atoms with Crippen LogP contribution in [0.25, 0.3) is 11.0 Å². The molecule has 3 aromatic rings. The Labute approximate surface area is 142 Å². The van der Waals surface area contributed by atoms with Crippen LogP contribution in [-0.2, 0) is 11.8 Å². The van der Waals surface area contributed by atoms with E-state index < -0.39 is 0 Å². The molecule has 4 rings (SSSR count). The minimum atomic E-state index is -0.0793. The van der Waals surface area contributed by atoms with Gasteiger partial charge < -0.3 is 10.2 Å². The summed E-state index contributed by atoms with van der Waals surface area (Å²) in [7, 11) is 1.86. The van der Waals surface area contributed by atoms with E-state index in [9.17, 15) is 4.79 Å². The fourth-order valence-corrected chi connectivity index (χ4v) is 3.61. The van der Waals surface area contributed by atoms with Crippen LogP contribution in [0.1, 0.15) is 12.8 Å². The van der Waals surface area contributed by atoms with E-state index in [0.717, 1.165) is 36.2 Å². The van der Waals surface area contributed by atoms with Crippen molar-refractivity contribution in [2.75, 3.05) is 23.3 Å². The molecule has 9 heteroatoms. The topological polar surface area (TPSA) is 88.8 Å². The lowest BCUT2D eigenvalue weighted by atomic mass is 9.97. The van der Waals surface area contributed by atoms with Gasteiger partial charge in [-0.05, 0) is 12.8 Å². The average Bonchev–Trinajstić information content (AvgIpc) is 3.25. The van der Waals surface area contributed by atoms with Gasteiger partial charge in [-0.2, -0.15) is 5.10 Å². The standard InChI is InChI=1S/C15H17N7OS/c1-21-12-11(7-19-21)13(18-9-17-12)22-5-2-3-10(8-22)14(23)20-15-16-4-6-24-15/h4,6-7,9-10H,2-3,5,8H2,1H3,(H,16,20,23)/t10-/m1/s1. The predicted octanol–water partition coefficient (Wildman–Crippen LogP) is 1.67. The quantitative estimate of drug-likeness (QED) is 0.778. The molecule has 24 heavy (non-hydrogen) atoms. The predicted molar refractivity (Wildman–Crippen MR) is 92.0 cm³/mol. The number of nitrogens with one attached hydrogen (secondary N) is 1. The molecule has 0 aromatic carbocycles. The molecule has 124 valence electrons. The van der Waals surface area contributed by atoms with Gasteiger partial charge in [0.2, 0.25) is 5.91 Å². The van der Waals surface area contributed by atoms with Gasteiger partial charge in [-0.15, -0.1) is 11.3 Å². The number of amides is 1. The Hall–Kier alpha value is -2.55. The third-order valence-electron chi connectivity index (χ3n) is 4.26. The van der Waals surface area contributed by atoms with E-state index in [1.54, 1.807) is 23.4 Å². The lowest BCUT2D eigenvalue weighted by Gasteiger charge is -2.32. The number of carbonyl (C=O) groups is 1. The first-order valence-corrected chi connectivity index (χ1v) is 8.68. The van der Waals surface area contributed by atoms with E-state index in [1.165, 1.54) is 11.3 Å². The highest BCUT2D eigenvalue weighted by molar-refractivity contribution is 7.13. The monoisotopic (exact) mass is 343 g/mol. The summed E-state index contributed by atoms with van der Waals surface area (Å²) in [6, 6.07) is 0. The van der Waals surface area contributed by atoms with Gasteiger partial charge in [0, 0.05) is 31.7 Å². The second-order valence-electron chi connectivity index (χ2n) is 5.81. The van der Waals surface area contributed by atoms with E-state index in [1.807, 2.05) is 12.4 Å². The Morgan fingerprint density at radius 2 is 2.29 bits per heavy atom. The second-order valence-corrected chi connectivity index (χ2v) is 6.71. The van der Waals surface area contributed by atoms with Crippen molar-refractivity contribution in [3.05, 3.63) is 24.1 Å². The molecule has 0 unspecified atom stereocenters. The third kappa shape index (κ3) is 2.71. The lowest BCUT2D eigenvalue weighted by molar-refractivity contribution is -0.120. The largest absolute Gasteiger partial charge is 0.355 e. The number of aromatic nitrogens is 5. The van der Waals surface area contributed by atoms with Crippen LogP contribution < -0.4 is 10.2 Å². The third-order valence-corrected chi connectivity index (χ3v) is 4.95. The van der Waals surface area contributed by atoms with Crippen molar-refractivity contribution >= 4 is 39.2 Å². The van der Waals surface area contributed by atoms with Crippen molar-refractivity contribution in [2.45, 2.75) is 12.8 Å². The average molecular weight is 343 g/mol. The molecule has 0 radical (unpaired) electrons. The number of nitrogens with zero attached hydrogens (tertiary/aromatic N) is 6. The summed E-state index contributed by atoms with van der Waals surface area (Å²) >= 11 is 1.43. The van der Waals surface area contributed by atoms with E-state index in [0.29, 0.717) is 11.7 Å². The maximum atomic E-state index is 12.5. The number of carbonyl (C=O) groups excluding carboxylic acids is 1. The van der Waals surface area contributed by atoms with Crippen molar-refractivity contribution in [3.63, 3.8) is 0 Å².